The van der Waals surface area contributed by atoms with E-state index in [2.05, 4.69) is 5.32 Å². The third kappa shape index (κ3) is 3.37. The van der Waals surface area contributed by atoms with Crippen LogP contribution in [0.1, 0.15) is 5.56 Å². The Kier molecular flexibility index (Phi) is 4.75. The highest BCUT2D eigenvalue weighted by molar-refractivity contribution is 5.97. The summed E-state index contributed by atoms with van der Waals surface area (Å²) in [6.07, 6.45) is 1.47. The Morgan fingerprint density at radius 2 is 2.10 bits per heavy atom. The van der Waals surface area contributed by atoms with Crippen molar-refractivity contribution in [3.63, 3.8) is 0 Å². The molecule has 1 aromatic carbocycles. The molecule has 0 bridgehead atoms. The molecule has 0 spiro atoms. The Morgan fingerprint density at radius 3 is 2.75 bits per heavy atom. The van der Waals surface area contributed by atoms with E-state index in [-0.39, 0.29) is 11.5 Å². The van der Waals surface area contributed by atoms with Gasteiger partial charge >= 0.3 is 0 Å². The first kappa shape index (κ1) is 14.1. The van der Waals surface area contributed by atoms with Gasteiger partial charge in [0.25, 0.3) is 5.91 Å². The molecule has 1 saturated heterocycles. The Bertz CT molecular complexity index is 554. The lowest BCUT2D eigenvalue weighted by atomic mass is 10.2. The maximum absolute atomic E-state index is 12.2. The molecule has 1 fully saturated rings. The first-order valence-electron chi connectivity index (χ1n) is 6.52. The Hall–Kier alpha value is -2.32. The molecule has 0 aromatic heterocycles. The molecule has 1 N–H and O–H groups in total. The van der Waals surface area contributed by atoms with Gasteiger partial charge in [-0.05, 0) is 18.6 Å². The fourth-order valence-corrected chi connectivity index (χ4v) is 1.96. The van der Waals surface area contributed by atoms with Crippen molar-refractivity contribution < 1.29 is 9.53 Å². The second-order valence-corrected chi connectivity index (χ2v) is 4.53. The van der Waals surface area contributed by atoms with Crippen LogP contribution in [0.5, 0.6) is 0 Å². The standard InChI is InChI=1S/C15H17N3O2/c1-12-4-2-3-5-14(12)17-11-13(10-16)15(19)18-6-8-20-9-7-18/h2-5,11,17H,6-9H2,1H3/b13-11-. The Balaban J connectivity index is 2.08. The summed E-state index contributed by atoms with van der Waals surface area (Å²) in [5, 5.41) is 12.2. The third-order valence-electron chi connectivity index (χ3n) is 3.17. The van der Waals surface area contributed by atoms with Gasteiger partial charge in [-0.25, -0.2) is 0 Å². The molecule has 0 unspecified atom stereocenters. The normalized spacial score (nSPS) is 15.6. The topological polar surface area (TPSA) is 65.4 Å². The van der Waals surface area contributed by atoms with E-state index in [0.29, 0.717) is 26.3 Å². The number of para-hydroxylation sites is 1. The van der Waals surface area contributed by atoms with Gasteiger partial charge in [0.05, 0.1) is 13.2 Å². The minimum atomic E-state index is -0.253. The predicted molar refractivity (Wildman–Crippen MR) is 75.9 cm³/mol. The van der Waals surface area contributed by atoms with E-state index in [1.54, 1.807) is 4.90 Å². The lowest BCUT2D eigenvalue weighted by molar-refractivity contribution is -0.130. The average Bonchev–Trinajstić information content (AvgIpc) is 2.50. The van der Waals surface area contributed by atoms with E-state index in [0.717, 1.165) is 11.3 Å². The maximum Gasteiger partial charge on any atom is 0.266 e. The third-order valence-corrected chi connectivity index (χ3v) is 3.17. The largest absolute Gasteiger partial charge is 0.378 e. The van der Waals surface area contributed by atoms with Crippen LogP contribution in [0.4, 0.5) is 5.69 Å². The summed E-state index contributed by atoms with van der Waals surface area (Å²) in [4.78, 5) is 13.8. The number of nitrogens with zero attached hydrogens (tertiary/aromatic N) is 2. The fourth-order valence-electron chi connectivity index (χ4n) is 1.96. The van der Waals surface area contributed by atoms with Gasteiger partial charge in [-0.2, -0.15) is 5.26 Å². The summed E-state index contributed by atoms with van der Waals surface area (Å²) < 4.78 is 5.20. The van der Waals surface area contributed by atoms with E-state index in [4.69, 9.17) is 10.00 Å². The predicted octanol–water partition coefficient (Wildman–Crippen LogP) is 1.67. The van der Waals surface area contributed by atoms with Gasteiger partial charge < -0.3 is 15.0 Å². The molecule has 0 aliphatic carbocycles. The first-order valence-corrected chi connectivity index (χ1v) is 6.52. The van der Waals surface area contributed by atoms with Crippen molar-refractivity contribution >= 4 is 11.6 Å². The Morgan fingerprint density at radius 1 is 1.40 bits per heavy atom. The van der Waals surface area contributed by atoms with Crippen molar-refractivity contribution in [2.24, 2.45) is 0 Å². The lowest BCUT2D eigenvalue weighted by Gasteiger charge is -2.26. The number of ether oxygens (including phenoxy) is 1. The van der Waals surface area contributed by atoms with Gasteiger partial charge in [0.15, 0.2) is 0 Å². The van der Waals surface area contributed by atoms with Gasteiger partial charge in [-0.3, -0.25) is 4.79 Å². The van der Waals surface area contributed by atoms with Gasteiger partial charge in [0, 0.05) is 25.0 Å². The van der Waals surface area contributed by atoms with Crippen LogP contribution < -0.4 is 5.32 Å². The Labute approximate surface area is 118 Å². The molecule has 5 heteroatoms. The van der Waals surface area contributed by atoms with Crippen molar-refractivity contribution in [3.05, 3.63) is 41.6 Å². The number of carbonyl (C=O) groups is 1. The highest BCUT2D eigenvalue weighted by Gasteiger charge is 2.20. The van der Waals surface area contributed by atoms with E-state index in [1.165, 1.54) is 6.20 Å². The monoisotopic (exact) mass is 271 g/mol. The number of benzene rings is 1. The van der Waals surface area contributed by atoms with Crippen molar-refractivity contribution in [1.29, 1.82) is 5.26 Å². The number of aryl methyl sites for hydroxylation is 1. The van der Waals surface area contributed by atoms with Crippen molar-refractivity contribution in [2.45, 2.75) is 6.92 Å². The molecule has 1 heterocycles. The molecule has 0 saturated carbocycles. The minimum absolute atomic E-state index is 0.107. The minimum Gasteiger partial charge on any atom is -0.378 e. The van der Waals surface area contributed by atoms with E-state index >= 15 is 0 Å². The molecule has 1 aromatic rings. The van der Waals surface area contributed by atoms with Crippen LogP contribution in [0.15, 0.2) is 36.0 Å². The van der Waals surface area contributed by atoms with E-state index in [9.17, 15) is 4.79 Å². The smallest absolute Gasteiger partial charge is 0.266 e. The second kappa shape index (κ2) is 6.73. The summed E-state index contributed by atoms with van der Waals surface area (Å²) in [5.74, 6) is -0.253. The molecule has 1 amide bonds. The number of nitrogens with one attached hydrogen (secondary N) is 1. The van der Waals surface area contributed by atoms with Crippen LogP contribution in [0, 0.1) is 18.3 Å². The van der Waals surface area contributed by atoms with Gasteiger partial charge in [-0.15, -0.1) is 0 Å². The average molecular weight is 271 g/mol. The molecule has 5 nitrogen and oxygen atoms in total. The van der Waals surface area contributed by atoms with Gasteiger partial charge in [-0.1, -0.05) is 18.2 Å². The molecule has 0 atom stereocenters. The number of carbonyl (C=O) groups excluding carboxylic acids is 1. The highest BCUT2D eigenvalue weighted by atomic mass is 16.5. The molecule has 20 heavy (non-hydrogen) atoms. The summed E-state index contributed by atoms with van der Waals surface area (Å²) in [6, 6.07) is 9.66. The van der Waals surface area contributed by atoms with E-state index < -0.39 is 0 Å². The number of hydrogen-bond acceptors (Lipinski definition) is 4. The number of nitriles is 1. The number of anilines is 1. The van der Waals surface area contributed by atoms with Crippen LogP contribution in [-0.4, -0.2) is 37.1 Å². The quantitative estimate of drug-likeness (QED) is 0.671. The van der Waals surface area contributed by atoms with Crippen LogP contribution >= 0.6 is 0 Å². The summed E-state index contributed by atoms with van der Waals surface area (Å²) in [6.45, 7) is 4.07. The van der Waals surface area contributed by atoms with Gasteiger partial charge in [0.2, 0.25) is 0 Å². The zero-order valence-electron chi connectivity index (χ0n) is 11.4. The maximum atomic E-state index is 12.2. The van der Waals surface area contributed by atoms with Crippen LogP contribution in [0.2, 0.25) is 0 Å². The van der Waals surface area contributed by atoms with Crippen LogP contribution in [-0.2, 0) is 9.53 Å². The second-order valence-electron chi connectivity index (χ2n) is 4.53. The van der Waals surface area contributed by atoms with E-state index in [1.807, 2.05) is 37.3 Å². The molecular formula is C15H17N3O2. The number of rotatable bonds is 3. The summed E-state index contributed by atoms with van der Waals surface area (Å²) in [5.41, 5.74) is 2.05. The zero-order valence-corrected chi connectivity index (χ0v) is 11.4. The zero-order chi connectivity index (χ0) is 14.4. The molecule has 104 valence electrons. The molecule has 0 radical (unpaired) electrons. The molecule has 2 rings (SSSR count). The number of amides is 1. The molecule has 1 aliphatic rings. The molecule has 1 aliphatic heterocycles. The summed E-state index contributed by atoms with van der Waals surface area (Å²) in [7, 11) is 0. The summed E-state index contributed by atoms with van der Waals surface area (Å²) >= 11 is 0. The van der Waals surface area contributed by atoms with Crippen molar-refractivity contribution in [2.75, 3.05) is 31.6 Å². The highest BCUT2D eigenvalue weighted by Crippen LogP contribution is 2.14. The lowest BCUT2D eigenvalue weighted by Crippen LogP contribution is -2.41. The van der Waals surface area contributed by atoms with Crippen molar-refractivity contribution in [3.8, 4) is 6.07 Å². The SMILES string of the molecule is Cc1ccccc1N/C=C(/C#N)C(=O)N1CCOCC1. The van der Waals surface area contributed by atoms with Crippen molar-refractivity contribution in [1.82, 2.24) is 4.90 Å². The van der Waals surface area contributed by atoms with Gasteiger partial charge in [0.1, 0.15) is 11.6 Å². The number of morpholine rings is 1. The fraction of sp³-hybridized carbons (Fsp3) is 0.333. The van der Waals surface area contributed by atoms with Crippen LogP contribution in [0.25, 0.3) is 0 Å². The first-order chi connectivity index (χ1) is 9.72. The number of hydrogen-bond donors (Lipinski definition) is 1. The van der Waals surface area contributed by atoms with Crippen LogP contribution in [0.3, 0.4) is 0 Å². The molecular weight excluding hydrogens is 254 g/mol.